The molecule has 0 fully saturated rings. The Balaban J connectivity index is 1.78. The van der Waals surface area contributed by atoms with Gasteiger partial charge in [0.05, 0.1) is 20.3 Å². The van der Waals surface area contributed by atoms with Crippen molar-refractivity contribution < 1.29 is 18.7 Å². The quantitative estimate of drug-likeness (QED) is 0.772. The largest absolute Gasteiger partial charge is 0.497 e. The van der Waals surface area contributed by atoms with Crippen LogP contribution in [-0.2, 0) is 0 Å². The molecule has 1 N–H and O–H groups in total. The van der Waals surface area contributed by atoms with E-state index in [-0.39, 0.29) is 17.7 Å². The Morgan fingerprint density at radius 2 is 1.83 bits per heavy atom. The molecule has 0 spiro atoms. The number of rotatable bonds is 5. The number of para-hydroxylation sites is 1. The lowest BCUT2D eigenvalue weighted by molar-refractivity contribution is 0.0914. The standard InChI is InChI=1S/C19H19NO4/c1-12(13-7-9-15(22-2)10-8-13)20-19(21)17-11-14-5-4-6-16(23-3)18(14)24-17/h4-12H,1-3H3,(H,20,21)/t12-/m1/s1. The highest BCUT2D eigenvalue weighted by Gasteiger charge is 2.17. The summed E-state index contributed by atoms with van der Waals surface area (Å²) < 4.78 is 16.1. The van der Waals surface area contributed by atoms with Crippen LogP contribution in [0, 0.1) is 0 Å². The summed E-state index contributed by atoms with van der Waals surface area (Å²) in [6, 6.07) is 14.7. The summed E-state index contributed by atoms with van der Waals surface area (Å²) in [4.78, 5) is 12.5. The summed E-state index contributed by atoms with van der Waals surface area (Å²) in [6.07, 6.45) is 0. The van der Waals surface area contributed by atoms with Crippen LogP contribution >= 0.6 is 0 Å². The van der Waals surface area contributed by atoms with Crippen molar-refractivity contribution in [3.8, 4) is 11.5 Å². The zero-order valence-electron chi connectivity index (χ0n) is 13.8. The first kappa shape index (κ1) is 15.9. The summed E-state index contributed by atoms with van der Waals surface area (Å²) in [5.74, 6) is 1.38. The smallest absolute Gasteiger partial charge is 0.287 e. The number of nitrogens with one attached hydrogen (secondary N) is 1. The van der Waals surface area contributed by atoms with Crippen molar-refractivity contribution >= 4 is 16.9 Å². The maximum atomic E-state index is 12.5. The number of amides is 1. The lowest BCUT2D eigenvalue weighted by Gasteiger charge is -2.13. The van der Waals surface area contributed by atoms with Gasteiger partial charge < -0.3 is 19.2 Å². The molecule has 0 aliphatic heterocycles. The van der Waals surface area contributed by atoms with Crippen molar-refractivity contribution in [2.24, 2.45) is 0 Å². The van der Waals surface area contributed by atoms with Crippen molar-refractivity contribution in [3.63, 3.8) is 0 Å². The molecule has 0 saturated carbocycles. The lowest BCUT2D eigenvalue weighted by atomic mass is 10.1. The molecule has 1 aromatic heterocycles. The van der Waals surface area contributed by atoms with Crippen LogP contribution < -0.4 is 14.8 Å². The Bertz CT molecular complexity index is 851. The summed E-state index contributed by atoms with van der Waals surface area (Å²) in [7, 11) is 3.19. The van der Waals surface area contributed by atoms with Crippen LogP contribution in [-0.4, -0.2) is 20.1 Å². The van der Waals surface area contributed by atoms with Crippen molar-refractivity contribution in [2.75, 3.05) is 14.2 Å². The molecule has 24 heavy (non-hydrogen) atoms. The minimum atomic E-state index is -0.267. The number of hydrogen-bond acceptors (Lipinski definition) is 4. The number of ether oxygens (including phenoxy) is 2. The van der Waals surface area contributed by atoms with Crippen LogP contribution in [0.2, 0.25) is 0 Å². The summed E-state index contributed by atoms with van der Waals surface area (Å²) >= 11 is 0. The molecule has 124 valence electrons. The highest BCUT2D eigenvalue weighted by Crippen LogP contribution is 2.28. The van der Waals surface area contributed by atoms with E-state index in [0.717, 1.165) is 16.7 Å². The third kappa shape index (κ3) is 3.06. The van der Waals surface area contributed by atoms with Gasteiger partial charge in [-0.25, -0.2) is 0 Å². The average Bonchev–Trinajstić information content (AvgIpc) is 3.06. The second-order valence-corrected chi connectivity index (χ2v) is 5.46. The molecule has 1 atom stereocenters. The van der Waals surface area contributed by atoms with Crippen molar-refractivity contribution in [3.05, 3.63) is 59.9 Å². The molecule has 2 aromatic carbocycles. The molecule has 5 heteroatoms. The summed E-state index contributed by atoms with van der Waals surface area (Å²) in [5.41, 5.74) is 1.56. The number of benzene rings is 2. The van der Waals surface area contributed by atoms with E-state index < -0.39 is 0 Å². The van der Waals surface area contributed by atoms with Gasteiger partial charge in [0.15, 0.2) is 17.1 Å². The lowest BCUT2D eigenvalue weighted by Crippen LogP contribution is -2.26. The van der Waals surface area contributed by atoms with E-state index >= 15 is 0 Å². The van der Waals surface area contributed by atoms with Gasteiger partial charge in [-0.2, -0.15) is 0 Å². The maximum absolute atomic E-state index is 12.5. The Labute approximate surface area is 140 Å². The minimum absolute atomic E-state index is 0.154. The van der Waals surface area contributed by atoms with E-state index in [1.54, 1.807) is 26.4 Å². The molecule has 0 aliphatic carbocycles. The van der Waals surface area contributed by atoms with E-state index in [9.17, 15) is 4.79 Å². The van der Waals surface area contributed by atoms with Crippen LogP contribution in [0.5, 0.6) is 11.5 Å². The SMILES string of the molecule is COc1ccc([C@@H](C)NC(=O)c2cc3cccc(OC)c3o2)cc1. The number of carbonyl (C=O) groups is 1. The van der Waals surface area contributed by atoms with Gasteiger partial charge in [-0.3, -0.25) is 4.79 Å². The van der Waals surface area contributed by atoms with Gasteiger partial charge in [-0.1, -0.05) is 24.3 Å². The third-order valence-electron chi connectivity index (χ3n) is 3.92. The van der Waals surface area contributed by atoms with Gasteiger partial charge in [0, 0.05) is 5.39 Å². The van der Waals surface area contributed by atoms with E-state index in [1.807, 2.05) is 43.3 Å². The van der Waals surface area contributed by atoms with Gasteiger partial charge in [0.25, 0.3) is 5.91 Å². The minimum Gasteiger partial charge on any atom is -0.497 e. The second kappa shape index (κ2) is 6.66. The van der Waals surface area contributed by atoms with Gasteiger partial charge >= 0.3 is 0 Å². The molecule has 0 saturated heterocycles. The first-order valence-corrected chi connectivity index (χ1v) is 7.63. The van der Waals surface area contributed by atoms with E-state index in [1.165, 1.54) is 0 Å². The second-order valence-electron chi connectivity index (χ2n) is 5.46. The van der Waals surface area contributed by atoms with Crippen LogP contribution in [0.15, 0.2) is 52.9 Å². The molecular weight excluding hydrogens is 306 g/mol. The van der Waals surface area contributed by atoms with Crippen molar-refractivity contribution in [2.45, 2.75) is 13.0 Å². The van der Waals surface area contributed by atoms with Gasteiger partial charge in [0.2, 0.25) is 0 Å². The van der Waals surface area contributed by atoms with Gasteiger partial charge in [0.1, 0.15) is 5.75 Å². The molecular formula is C19H19NO4. The van der Waals surface area contributed by atoms with Crippen LogP contribution in [0.4, 0.5) is 0 Å². The van der Waals surface area contributed by atoms with E-state index in [0.29, 0.717) is 11.3 Å². The van der Waals surface area contributed by atoms with Gasteiger partial charge in [-0.15, -0.1) is 0 Å². The molecule has 0 unspecified atom stereocenters. The number of carbonyl (C=O) groups excluding carboxylic acids is 1. The summed E-state index contributed by atoms with van der Waals surface area (Å²) in [6.45, 7) is 1.92. The third-order valence-corrected chi connectivity index (χ3v) is 3.92. The molecule has 3 rings (SSSR count). The zero-order chi connectivity index (χ0) is 17.1. The highest BCUT2D eigenvalue weighted by molar-refractivity contribution is 5.97. The van der Waals surface area contributed by atoms with E-state index in [4.69, 9.17) is 13.9 Å². The number of fused-ring (bicyclic) bond motifs is 1. The first-order valence-electron chi connectivity index (χ1n) is 7.63. The Morgan fingerprint density at radius 3 is 2.50 bits per heavy atom. The van der Waals surface area contributed by atoms with Crippen molar-refractivity contribution in [1.82, 2.24) is 5.32 Å². The fourth-order valence-electron chi connectivity index (χ4n) is 2.55. The zero-order valence-corrected chi connectivity index (χ0v) is 13.8. The summed E-state index contributed by atoms with van der Waals surface area (Å²) in [5, 5.41) is 3.76. The number of methoxy groups -OCH3 is 2. The monoisotopic (exact) mass is 325 g/mol. The maximum Gasteiger partial charge on any atom is 0.287 e. The first-order chi connectivity index (χ1) is 11.6. The Kier molecular flexibility index (Phi) is 4.42. The van der Waals surface area contributed by atoms with Crippen molar-refractivity contribution in [1.29, 1.82) is 0 Å². The number of hydrogen-bond donors (Lipinski definition) is 1. The van der Waals surface area contributed by atoms with Crippen LogP contribution in [0.3, 0.4) is 0 Å². The highest BCUT2D eigenvalue weighted by atomic mass is 16.5. The molecule has 1 heterocycles. The number of furan rings is 1. The predicted octanol–water partition coefficient (Wildman–Crippen LogP) is 3.94. The van der Waals surface area contributed by atoms with E-state index in [2.05, 4.69) is 5.32 Å². The average molecular weight is 325 g/mol. The normalized spacial score (nSPS) is 12.0. The fraction of sp³-hybridized carbons (Fsp3) is 0.211. The van der Waals surface area contributed by atoms with Crippen LogP contribution in [0.1, 0.15) is 29.1 Å². The van der Waals surface area contributed by atoms with Crippen LogP contribution in [0.25, 0.3) is 11.0 Å². The fourth-order valence-corrected chi connectivity index (χ4v) is 2.55. The topological polar surface area (TPSA) is 60.7 Å². The van der Waals surface area contributed by atoms with Gasteiger partial charge in [-0.05, 0) is 36.8 Å². The predicted molar refractivity (Wildman–Crippen MR) is 91.6 cm³/mol. The Hall–Kier alpha value is -2.95. The molecule has 1 amide bonds. The Morgan fingerprint density at radius 1 is 1.08 bits per heavy atom. The molecule has 0 aliphatic rings. The molecule has 3 aromatic rings. The molecule has 5 nitrogen and oxygen atoms in total. The molecule has 0 radical (unpaired) electrons. The molecule has 0 bridgehead atoms.